The molecule has 0 aromatic rings. The van der Waals surface area contributed by atoms with E-state index >= 15 is 0 Å². The molecule has 0 aliphatic carbocycles. The minimum atomic E-state index is -0.338. The van der Waals surface area contributed by atoms with Crippen LogP contribution in [0.15, 0.2) is 0 Å². The molecule has 1 aliphatic rings. The van der Waals surface area contributed by atoms with Crippen molar-refractivity contribution in [1.29, 1.82) is 0 Å². The molecule has 17 heavy (non-hydrogen) atoms. The highest BCUT2D eigenvalue weighted by atomic mass is 16.2. The van der Waals surface area contributed by atoms with Crippen molar-refractivity contribution < 1.29 is 4.79 Å². The van der Waals surface area contributed by atoms with Crippen LogP contribution in [-0.2, 0) is 4.79 Å². The second-order valence-corrected chi connectivity index (χ2v) is 5.27. The standard InChI is InChI=1S/C13H27N3O/c1-5-13(6-2,10-14)12(17)16-8-7-15(4)11(3)9-16/h11H,5-10,14H2,1-4H3. The Morgan fingerprint density at radius 3 is 2.35 bits per heavy atom. The first kappa shape index (κ1) is 14.5. The summed E-state index contributed by atoms with van der Waals surface area (Å²) in [4.78, 5) is 16.9. The van der Waals surface area contributed by atoms with Gasteiger partial charge < -0.3 is 15.5 Å². The lowest BCUT2D eigenvalue weighted by atomic mass is 9.80. The molecule has 0 spiro atoms. The number of likely N-dealkylation sites (N-methyl/N-ethyl adjacent to an activating group) is 1. The predicted molar refractivity (Wildman–Crippen MR) is 70.7 cm³/mol. The predicted octanol–water partition coefficient (Wildman–Crippen LogP) is 0.914. The van der Waals surface area contributed by atoms with Crippen molar-refractivity contribution in [2.75, 3.05) is 33.2 Å². The van der Waals surface area contributed by atoms with Crippen LogP contribution in [0.5, 0.6) is 0 Å². The number of carbonyl (C=O) groups excluding carboxylic acids is 1. The molecule has 0 aromatic heterocycles. The fraction of sp³-hybridized carbons (Fsp3) is 0.923. The number of amides is 1. The molecule has 2 N–H and O–H groups in total. The second kappa shape index (κ2) is 5.83. The Balaban J connectivity index is 2.75. The molecule has 0 radical (unpaired) electrons. The van der Waals surface area contributed by atoms with Crippen molar-refractivity contribution in [3.63, 3.8) is 0 Å². The Hall–Kier alpha value is -0.610. The van der Waals surface area contributed by atoms with Crippen LogP contribution in [0, 0.1) is 5.41 Å². The van der Waals surface area contributed by atoms with Crippen molar-refractivity contribution in [3.8, 4) is 0 Å². The lowest BCUT2D eigenvalue weighted by Gasteiger charge is -2.42. The van der Waals surface area contributed by atoms with E-state index in [1.54, 1.807) is 0 Å². The van der Waals surface area contributed by atoms with Crippen molar-refractivity contribution in [2.24, 2.45) is 11.1 Å². The summed E-state index contributed by atoms with van der Waals surface area (Å²) in [6, 6.07) is 0.442. The summed E-state index contributed by atoms with van der Waals surface area (Å²) in [6.07, 6.45) is 1.67. The topological polar surface area (TPSA) is 49.6 Å². The van der Waals surface area contributed by atoms with E-state index in [1.165, 1.54) is 0 Å². The van der Waals surface area contributed by atoms with E-state index < -0.39 is 0 Å². The number of nitrogens with two attached hydrogens (primary N) is 1. The van der Waals surface area contributed by atoms with Crippen molar-refractivity contribution >= 4 is 5.91 Å². The van der Waals surface area contributed by atoms with Crippen molar-refractivity contribution in [2.45, 2.75) is 39.7 Å². The summed E-state index contributed by atoms with van der Waals surface area (Å²) in [6.45, 7) is 9.38. The molecule has 0 saturated carbocycles. The molecule has 100 valence electrons. The highest BCUT2D eigenvalue weighted by Crippen LogP contribution is 2.28. The van der Waals surface area contributed by atoms with Gasteiger partial charge in [0.2, 0.25) is 5.91 Å². The molecular weight excluding hydrogens is 214 g/mol. The van der Waals surface area contributed by atoms with Gasteiger partial charge in [0.1, 0.15) is 0 Å². The molecule has 0 bridgehead atoms. The van der Waals surface area contributed by atoms with Gasteiger partial charge in [0, 0.05) is 32.2 Å². The van der Waals surface area contributed by atoms with Gasteiger partial charge >= 0.3 is 0 Å². The quantitative estimate of drug-likeness (QED) is 0.796. The Bertz CT molecular complexity index is 255. The van der Waals surface area contributed by atoms with E-state index in [0.717, 1.165) is 32.5 Å². The van der Waals surface area contributed by atoms with Crippen molar-refractivity contribution in [3.05, 3.63) is 0 Å². The number of nitrogens with zero attached hydrogens (tertiary/aromatic N) is 2. The summed E-state index contributed by atoms with van der Waals surface area (Å²) in [7, 11) is 2.11. The monoisotopic (exact) mass is 241 g/mol. The minimum Gasteiger partial charge on any atom is -0.339 e. The van der Waals surface area contributed by atoms with Gasteiger partial charge in [0.25, 0.3) is 0 Å². The number of rotatable bonds is 4. The fourth-order valence-corrected chi connectivity index (χ4v) is 2.50. The van der Waals surface area contributed by atoms with E-state index in [2.05, 4.69) is 32.7 Å². The highest BCUT2D eigenvalue weighted by Gasteiger charge is 2.38. The van der Waals surface area contributed by atoms with E-state index in [4.69, 9.17) is 5.73 Å². The molecule has 1 saturated heterocycles. The Morgan fingerprint density at radius 2 is 1.94 bits per heavy atom. The van der Waals surface area contributed by atoms with Gasteiger partial charge in [-0.3, -0.25) is 4.79 Å². The first-order chi connectivity index (χ1) is 8.00. The molecule has 1 rings (SSSR count). The van der Waals surface area contributed by atoms with Crippen LogP contribution in [-0.4, -0.2) is 55.0 Å². The summed E-state index contributed by atoms with van der Waals surface area (Å²) >= 11 is 0. The number of piperazine rings is 1. The zero-order chi connectivity index (χ0) is 13.1. The third-order valence-electron chi connectivity index (χ3n) is 4.44. The van der Waals surface area contributed by atoms with Crippen LogP contribution in [0.4, 0.5) is 0 Å². The molecule has 1 heterocycles. The zero-order valence-electron chi connectivity index (χ0n) is 11.7. The van der Waals surface area contributed by atoms with Gasteiger partial charge in [0.15, 0.2) is 0 Å². The highest BCUT2D eigenvalue weighted by molar-refractivity contribution is 5.83. The molecule has 1 atom stereocenters. The van der Waals surface area contributed by atoms with Gasteiger partial charge in [-0.2, -0.15) is 0 Å². The maximum absolute atomic E-state index is 12.6. The van der Waals surface area contributed by atoms with Gasteiger partial charge in [0.05, 0.1) is 5.41 Å². The lowest BCUT2D eigenvalue weighted by Crippen LogP contribution is -2.56. The Labute approximate surface area is 105 Å². The van der Waals surface area contributed by atoms with Crippen LogP contribution < -0.4 is 5.73 Å². The first-order valence-corrected chi connectivity index (χ1v) is 6.70. The third-order valence-corrected chi connectivity index (χ3v) is 4.44. The average molecular weight is 241 g/mol. The average Bonchev–Trinajstić information content (AvgIpc) is 2.35. The maximum Gasteiger partial charge on any atom is 0.230 e. The first-order valence-electron chi connectivity index (χ1n) is 6.70. The van der Waals surface area contributed by atoms with Crippen LogP contribution in [0.25, 0.3) is 0 Å². The maximum atomic E-state index is 12.6. The summed E-state index contributed by atoms with van der Waals surface area (Å²) < 4.78 is 0. The Morgan fingerprint density at radius 1 is 1.35 bits per heavy atom. The van der Waals surface area contributed by atoms with Crippen LogP contribution >= 0.6 is 0 Å². The number of carbonyl (C=O) groups is 1. The molecular formula is C13H27N3O. The fourth-order valence-electron chi connectivity index (χ4n) is 2.50. The molecule has 0 aromatic carbocycles. The normalized spacial score (nSPS) is 22.9. The summed E-state index contributed by atoms with van der Waals surface area (Å²) in [5.74, 6) is 0.255. The van der Waals surface area contributed by atoms with Gasteiger partial charge in [-0.15, -0.1) is 0 Å². The molecule has 1 aliphatic heterocycles. The summed E-state index contributed by atoms with van der Waals surface area (Å²) in [5, 5.41) is 0. The molecule has 1 amide bonds. The van der Waals surface area contributed by atoms with E-state index in [1.807, 2.05) is 4.90 Å². The summed E-state index contributed by atoms with van der Waals surface area (Å²) in [5.41, 5.74) is 5.50. The number of hydrogen-bond donors (Lipinski definition) is 1. The molecule has 4 heteroatoms. The Kier molecular flexibility index (Phi) is 4.95. The minimum absolute atomic E-state index is 0.255. The largest absolute Gasteiger partial charge is 0.339 e. The van der Waals surface area contributed by atoms with E-state index in [9.17, 15) is 4.79 Å². The van der Waals surface area contributed by atoms with Crippen LogP contribution in [0.2, 0.25) is 0 Å². The van der Waals surface area contributed by atoms with E-state index in [-0.39, 0.29) is 11.3 Å². The third kappa shape index (κ3) is 2.80. The molecule has 4 nitrogen and oxygen atoms in total. The second-order valence-electron chi connectivity index (χ2n) is 5.27. The molecule has 1 unspecified atom stereocenters. The SMILES string of the molecule is CCC(CC)(CN)C(=O)N1CCN(C)C(C)C1. The van der Waals surface area contributed by atoms with Crippen LogP contribution in [0.1, 0.15) is 33.6 Å². The molecule has 1 fully saturated rings. The van der Waals surface area contributed by atoms with Crippen molar-refractivity contribution in [1.82, 2.24) is 9.80 Å². The van der Waals surface area contributed by atoms with Gasteiger partial charge in [-0.05, 0) is 26.8 Å². The van der Waals surface area contributed by atoms with Gasteiger partial charge in [-0.1, -0.05) is 13.8 Å². The van der Waals surface area contributed by atoms with Crippen LogP contribution in [0.3, 0.4) is 0 Å². The smallest absolute Gasteiger partial charge is 0.230 e. The lowest BCUT2D eigenvalue weighted by molar-refractivity contribution is -0.144. The number of hydrogen-bond acceptors (Lipinski definition) is 3. The van der Waals surface area contributed by atoms with Gasteiger partial charge in [-0.25, -0.2) is 0 Å². The van der Waals surface area contributed by atoms with E-state index in [0.29, 0.717) is 12.6 Å². The zero-order valence-corrected chi connectivity index (χ0v) is 11.7.